The van der Waals surface area contributed by atoms with Crippen molar-refractivity contribution in [3.05, 3.63) is 34.9 Å². The molecule has 2 rings (SSSR count). The van der Waals surface area contributed by atoms with Gasteiger partial charge in [0.2, 0.25) is 0 Å². The summed E-state index contributed by atoms with van der Waals surface area (Å²) in [5.74, 6) is 0.821. The fourth-order valence-corrected chi connectivity index (χ4v) is 2.60. The normalized spacial score (nSPS) is 15.3. The molecule has 0 bridgehead atoms. The molecule has 1 aliphatic rings. The summed E-state index contributed by atoms with van der Waals surface area (Å²) in [5.41, 5.74) is 1.08. The molecule has 0 spiro atoms. The van der Waals surface area contributed by atoms with Gasteiger partial charge in [-0.25, -0.2) is 0 Å². The van der Waals surface area contributed by atoms with Gasteiger partial charge in [-0.3, -0.25) is 9.89 Å². The van der Waals surface area contributed by atoms with Crippen LogP contribution in [0.3, 0.4) is 0 Å². The SMILES string of the molecule is CCN(CCNC(=NC)NCc1ccccc1Cl)C1CC1. The van der Waals surface area contributed by atoms with Gasteiger partial charge in [0.15, 0.2) is 5.96 Å². The van der Waals surface area contributed by atoms with E-state index in [1.807, 2.05) is 24.3 Å². The molecule has 116 valence electrons. The first kappa shape index (κ1) is 16.1. The molecule has 0 heterocycles. The van der Waals surface area contributed by atoms with Crippen molar-refractivity contribution in [1.29, 1.82) is 0 Å². The van der Waals surface area contributed by atoms with E-state index in [-0.39, 0.29) is 0 Å². The number of nitrogens with zero attached hydrogens (tertiary/aromatic N) is 2. The molecule has 21 heavy (non-hydrogen) atoms. The van der Waals surface area contributed by atoms with Crippen LogP contribution in [0.1, 0.15) is 25.3 Å². The van der Waals surface area contributed by atoms with Crippen LogP contribution in [0, 0.1) is 0 Å². The van der Waals surface area contributed by atoms with Crippen molar-refractivity contribution in [3.63, 3.8) is 0 Å². The van der Waals surface area contributed by atoms with E-state index in [4.69, 9.17) is 11.6 Å². The second-order valence-electron chi connectivity index (χ2n) is 5.30. The van der Waals surface area contributed by atoms with Gasteiger partial charge in [0.1, 0.15) is 0 Å². The maximum absolute atomic E-state index is 6.15. The molecule has 1 aromatic rings. The second kappa shape index (κ2) is 8.25. The highest BCUT2D eigenvalue weighted by atomic mass is 35.5. The van der Waals surface area contributed by atoms with Crippen LogP contribution in [0.25, 0.3) is 0 Å². The van der Waals surface area contributed by atoms with Crippen LogP contribution in [-0.4, -0.2) is 43.6 Å². The van der Waals surface area contributed by atoms with Gasteiger partial charge >= 0.3 is 0 Å². The van der Waals surface area contributed by atoms with Gasteiger partial charge in [-0.2, -0.15) is 0 Å². The first-order valence-electron chi connectivity index (χ1n) is 7.66. The van der Waals surface area contributed by atoms with Gasteiger partial charge in [-0.05, 0) is 31.0 Å². The maximum Gasteiger partial charge on any atom is 0.191 e. The summed E-state index contributed by atoms with van der Waals surface area (Å²) >= 11 is 6.15. The third kappa shape index (κ3) is 5.21. The molecule has 0 aromatic heterocycles. The van der Waals surface area contributed by atoms with Crippen molar-refractivity contribution in [2.24, 2.45) is 4.99 Å². The largest absolute Gasteiger partial charge is 0.355 e. The van der Waals surface area contributed by atoms with Crippen molar-refractivity contribution >= 4 is 17.6 Å². The Labute approximate surface area is 132 Å². The number of aliphatic imine (C=N–C) groups is 1. The highest BCUT2D eigenvalue weighted by Gasteiger charge is 2.27. The standard InChI is InChI=1S/C16H25ClN4/c1-3-21(14-8-9-14)11-10-19-16(18-2)20-12-13-6-4-5-7-15(13)17/h4-7,14H,3,8-12H2,1-2H3,(H2,18,19,20). The molecular weight excluding hydrogens is 284 g/mol. The summed E-state index contributed by atoms with van der Waals surface area (Å²) in [4.78, 5) is 6.77. The molecule has 1 fully saturated rings. The lowest BCUT2D eigenvalue weighted by molar-refractivity contribution is 0.282. The number of guanidine groups is 1. The second-order valence-corrected chi connectivity index (χ2v) is 5.71. The summed E-state index contributed by atoms with van der Waals surface area (Å²) < 4.78 is 0. The summed E-state index contributed by atoms with van der Waals surface area (Å²) in [6.45, 7) is 6.00. The van der Waals surface area contributed by atoms with E-state index < -0.39 is 0 Å². The Morgan fingerprint density at radius 3 is 2.71 bits per heavy atom. The molecule has 1 saturated carbocycles. The number of halogens is 1. The smallest absolute Gasteiger partial charge is 0.191 e. The monoisotopic (exact) mass is 308 g/mol. The third-order valence-corrected chi connectivity index (χ3v) is 4.16. The molecule has 0 amide bonds. The minimum Gasteiger partial charge on any atom is -0.355 e. The molecule has 1 aliphatic carbocycles. The van der Waals surface area contributed by atoms with Crippen molar-refractivity contribution < 1.29 is 0 Å². The molecule has 5 heteroatoms. The zero-order valence-electron chi connectivity index (χ0n) is 12.9. The topological polar surface area (TPSA) is 39.7 Å². The number of likely N-dealkylation sites (N-methyl/N-ethyl adjacent to an activating group) is 1. The molecule has 0 radical (unpaired) electrons. The number of rotatable bonds is 7. The predicted octanol–water partition coefficient (Wildman–Crippen LogP) is 2.49. The summed E-state index contributed by atoms with van der Waals surface area (Å²) in [6, 6.07) is 8.68. The minimum absolute atomic E-state index is 0.680. The Bertz CT molecular complexity index is 471. The zero-order chi connectivity index (χ0) is 15.1. The Balaban J connectivity index is 1.72. The lowest BCUT2D eigenvalue weighted by Gasteiger charge is -2.20. The molecule has 0 saturated heterocycles. The van der Waals surface area contributed by atoms with Crippen molar-refractivity contribution in [1.82, 2.24) is 15.5 Å². The molecule has 1 aromatic carbocycles. The predicted molar refractivity (Wildman–Crippen MR) is 89.9 cm³/mol. The number of hydrogen-bond donors (Lipinski definition) is 2. The van der Waals surface area contributed by atoms with Crippen LogP contribution in [0.15, 0.2) is 29.3 Å². The van der Waals surface area contributed by atoms with Crippen molar-refractivity contribution in [2.45, 2.75) is 32.4 Å². The van der Waals surface area contributed by atoms with E-state index in [0.717, 1.165) is 42.2 Å². The van der Waals surface area contributed by atoms with Crippen molar-refractivity contribution in [3.8, 4) is 0 Å². The quantitative estimate of drug-likeness (QED) is 0.600. The van der Waals surface area contributed by atoms with Crippen LogP contribution in [-0.2, 0) is 6.54 Å². The highest BCUT2D eigenvalue weighted by molar-refractivity contribution is 6.31. The Morgan fingerprint density at radius 1 is 1.33 bits per heavy atom. The van der Waals surface area contributed by atoms with E-state index >= 15 is 0 Å². The molecule has 2 N–H and O–H groups in total. The van der Waals surface area contributed by atoms with Gasteiger partial charge in [0.05, 0.1) is 0 Å². The molecular formula is C16H25ClN4. The zero-order valence-corrected chi connectivity index (χ0v) is 13.7. The first-order valence-corrected chi connectivity index (χ1v) is 8.04. The minimum atomic E-state index is 0.680. The van der Waals surface area contributed by atoms with E-state index in [2.05, 4.69) is 27.4 Å². The Morgan fingerprint density at radius 2 is 2.10 bits per heavy atom. The van der Waals surface area contributed by atoms with Gasteiger partial charge in [-0.1, -0.05) is 36.7 Å². The van der Waals surface area contributed by atoms with Gasteiger partial charge < -0.3 is 10.6 Å². The molecule has 0 aliphatic heterocycles. The molecule has 0 atom stereocenters. The third-order valence-electron chi connectivity index (χ3n) is 3.79. The van der Waals surface area contributed by atoms with Gasteiger partial charge in [0, 0.05) is 37.7 Å². The number of hydrogen-bond acceptors (Lipinski definition) is 2. The Kier molecular flexibility index (Phi) is 6.33. The average Bonchev–Trinajstić information content (AvgIpc) is 3.33. The van der Waals surface area contributed by atoms with Crippen LogP contribution < -0.4 is 10.6 Å². The van der Waals surface area contributed by atoms with E-state index in [1.54, 1.807) is 7.05 Å². The Hall–Kier alpha value is -1.26. The molecule has 0 unspecified atom stereocenters. The van der Waals surface area contributed by atoms with Crippen LogP contribution in [0.4, 0.5) is 0 Å². The number of nitrogens with one attached hydrogen (secondary N) is 2. The van der Waals surface area contributed by atoms with E-state index in [1.165, 1.54) is 12.8 Å². The summed E-state index contributed by atoms with van der Waals surface area (Å²) in [7, 11) is 1.79. The number of benzene rings is 1. The van der Waals surface area contributed by atoms with Crippen molar-refractivity contribution in [2.75, 3.05) is 26.7 Å². The molecule has 4 nitrogen and oxygen atoms in total. The summed E-state index contributed by atoms with van der Waals surface area (Å²) in [6.07, 6.45) is 2.71. The van der Waals surface area contributed by atoms with Crippen LogP contribution in [0.5, 0.6) is 0 Å². The highest BCUT2D eigenvalue weighted by Crippen LogP contribution is 2.25. The van der Waals surface area contributed by atoms with Crippen LogP contribution >= 0.6 is 11.6 Å². The lowest BCUT2D eigenvalue weighted by Crippen LogP contribution is -2.41. The average molecular weight is 309 g/mol. The fraction of sp³-hybridized carbons (Fsp3) is 0.562. The first-order chi connectivity index (χ1) is 10.2. The van der Waals surface area contributed by atoms with Gasteiger partial charge in [-0.15, -0.1) is 0 Å². The fourth-order valence-electron chi connectivity index (χ4n) is 2.40. The van der Waals surface area contributed by atoms with Gasteiger partial charge in [0.25, 0.3) is 0 Å². The summed E-state index contributed by atoms with van der Waals surface area (Å²) in [5, 5.41) is 7.44. The van der Waals surface area contributed by atoms with Crippen LogP contribution in [0.2, 0.25) is 5.02 Å². The van der Waals surface area contributed by atoms with E-state index in [9.17, 15) is 0 Å². The lowest BCUT2D eigenvalue weighted by atomic mass is 10.2. The maximum atomic E-state index is 6.15. The van der Waals surface area contributed by atoms with E-state index in [0.29, 0.717) is 6.54 Å².